The second-order valence-corrected chi connectivity index (χ2v) is 17.7. The molecule has 4 aromatic rings. The van der Waals surface area contributed by atoms with Crippen LogP contribution in [-0.4, -0.2) is 72.9 Å². The van der Waals surface area contributed by atoms with Gasteiger partial charge in [0, 0.05) is 47.1 Å². The summed E-state index contributed by atoms with van der Waals surface area (Å²) >= 11 is 0. The Hall–Kier alpha value is -4.59. The summed E-state index contributed by atoms with van der Waals surface area (Å²) < 4.78 is 60.3. The summed E-state index contributed by atoms with van der Waals surface area (Å²) in [5.41, 5.74) is 0.106. The number of benzene rings is 1. The van der Waals surface area contributed by atoms with Crippen molar-refractivity contribution in [2.24, 2.45) is 11.8 Å². The Bertz CT molecular complexity index is 2280. The number of pyridine rings is 2. The quantitative estimate of drug-likeness (QED) is 0.168. The summed E-state index contributed by atoms with van der Waals surface area (Å²) in [6, 6.07) is 4.80. The number of anilines is 3. The van der Waals surface area contributed by atoms with Crippen LogP contribution in [-0.2, 0) is 10.2 Å². The predicted molar refractivity (Wildman–Crippen MR) is 201 cm³/mol. The highest BCUT2D eigenvalue weighted by atomic mass is 19.3. The van der Waals surface area contributed by atoms with Crippen LogP contribution in [0.4, 0.5) is 34.8 Å². The molecule has 10 nitrogen and oxygen atoms in total. The van der Waals surface area contributed by atoms with Gasteiger partial charge in [-0.25, -0.2) is 27.5 Å². The van der Waals surface area contributed by atoms with E-state index in [-0.39, 0.29) is 59.0 Å². The maximum atomic E-state index is 15.7. The monoisotopic (exact) mass is 758 g/mol. The summed E-state index contributed by atoms with van der Waals surface area (Å²) in [5.74, 6) is -1.57. The minimum atomic E-state index is -2.79. The van der Waals surface area contributed by atoms with E-state index < -0.39 is 34.9 Å². The lowest BCUT2D eigenvalue weighted by Crippen LogP contribution is -2.64. The molecule has 0 unspecified atom stereocenters. The predicted octanol–water partition coefficient (Wildman–Crippen LogP) is 7.82. The van der Waals surface area contributed by atoms with Gasteiger partial charge in [-0.05, 0) is 117 Å². The van der Waals surface area contributed by atoms with Crippen LogP contribution in [0.15, 0.2) is 30.7 Å². The SMILES string of the molecule is Cc1c(C(=O)NC2(C(F)F)CC2)cc(Nc2nc(-c3cnc4c(c3)N(C3CC(C)(N5CC[C@H]6C[C@H]6C5)C3)C(=O)C4(C)C)cc3ncn(C(C)C)c23)c(F)c1F. The molecule has 14 heteroatoms. The molecule has 3 saturated carbocycles. The zero-order valence-electron chi connectivity index (χ0n) is 31.9. The molecule has 2 amide bonds. The van der Waals surface area contributed by atoms with Crippen molar-refractivity contribution in [3.63, 3.8) is 0 Å². The molecule has 5 aliphatic rings. The molecule has 55 heavy (non-hydrogen) atoms. The van der Waals surface area contributed by atoms with Crippen LogP contribution in [0.1, 0.15) is 101 Å². The number of carbonyl (C=O) groups excluding carboxylic acids is 2. The standard InChI is InChI=1S/C41H46F4N8O2/c1-20(2)52-19-47-29-14-27(48-35(33(29)52)49-28-13-26(21(3)31(42)32(28)43)36(54)50-41(8-9-41)37(44)45)23-12-30-34(46-17-23)39(4,5)38(55)53(30)25-15-40(6,16-25)51-10-7-22-11-24(22)18-51/h12-14,17,19-20,22,24-25,37H,7-11,15-16,18H2,1-6H3,(H,48,49)(H,50,54)/t22-,24-,25?,40?/m0/s1. The first-order valence-electron chi connectivity index (χ1n) is 19.3. The van der Waals surface area contributed by atoms with Crippen LogP contribution in [0, 0.1) is 30.4 Å². The van der Waals surface area contributed by atoms with Crippen molar-refractivity contribution in [2.45, 2.75) is 115 Å². The second kappa shape index (κ2) is 12.2. The van der Waals surface area contributed by atoms with Gasteiger partial charge < -0.3 is 20.1 Å². The number of alkyl halides is 2. The minimum Gasteiger partial charge on any atom is -0.341 e. The third-order valence-corrected chi connectivity index (χ3v) is 13.2. The van der Waals surface area contributed by atoms with Crippen molar-refractivity contribution >= 4 is 40.0 Å². The van der Waals surface area contributed by atoms with Gasteiger partial charge in [-0.3, -0.25) is 19.5 Å². The summed E-state index contributed by atoms with van der Waals surface area (Å²) in [7, 11) is 0. The first kappa shape index (κ1) is 36.1. The van der Waals surface area contributed by atoms with Crippen molar-refractivity contribution < 1.29 is 27.2 Å². The van der Waals surface area contributed by atoms with Gasteiger partial charge in [-0.1, -0.05) is 0 Å². The normalized spacial score (nSPS) is 26.3. The zero-order valence-corrected chi connectivity index (χ0v) is 31.9. The number of imidazole rings is 1. The van der Waals surface area contributed by atoms with Crippen molar-refractivity contribution in [1.82, 2.24) is 29.7 Å². The number of hydrogen-bond donors (Lipinski definition) is 2. The number of fused-ring (bicyclic) bond motifs is 3. The van der Waals surface area contributed by atoms with E-state index in [0.29, 0.717) is 28.0 Å². The van der Waals surface area contributed by atoms with Crippen molar-refractivity contribution in [1.29, 1.82) is 0 Å². The molecule has 0 radical (unpaired) electrons. The van der Waals surface area contributed by atoms with Crippen LogP contribution in [0.5, 0.6) is 0 Å². The lowest BCUT2D eigenvalue weighted by atomic mass is 9.71. The average Bonchev–Trinajstić information content (AvgIpc) is 4.04. The molecule has 1 aromatic carbocycles. The summed E-state index contributed by atoms with van der Waals surface area (Å²) in [6.45, 7) is 13.5. The maximum absolute atomic E-state index is 15.7. The molecular weight excluding hydrogens is 712 g/mol. The lowest BCUT2D eigenvalue weighted by Gasteiger charge is -2.55. The second-order valence-electron chi connectivity index (χ2n) is 17.7. The molecule has 1 saturated heterocycles. The first-order valence-corrected chi connectivity index (χ1v) is 19.3. The molecule has 290 valence electrons. The van der Waals surface area contributed by atoms with E-state index in [9.17, 15) is 18.4 Å². The lowest BCUT2D eigenvalue weighted by molar-refractivity contribution is -0.124. The van der Waals surface area contributed by atoms with Crippen molar-refractivity contribution in [3.05, 3.63) is 59.2 Å². The van der Waals surface area contributed by atoms with Crippen LogP contribution in [0.3, 0.4) is 0 Å². The smallest absolute Gasteiger partial charge is 0.261 e. The van der Waals surface area contributed by atoms with E-state index >= 15 is 8.78 Å². The highest BCUT2D eigenvalue weighted by Gasteiger charge is 2.57. The van der Waals surface area contributed by atoms with Crippen molar-refractivity contribution in [3.8, 4) is 11.3 Å². The third-order valence-electron chi connectivity index (χ3n) is 13.2. The highest BCUT2D eigenvalue weighted by molar-refractivity contribution is 6.08. The molecule has 9 rings (SSSR count). The van der Waals surface area contributed by atoms with Gasteiger partial charge in [0.05, 0.1) is 40.0 Å². The fraction of sp³-hybridized carbons (Fsp3) is 0.537. The molecule has 3 aromatic heterocycles. The zero-order chi connectivity index (χ0) is 38.9. The van der Waals surface area contributed by atoms with Gasteiger partial charge >= 0.3 is 0 Å². The number of hydrogen-bond acceptors (Lipinski definition) is 7. The van der Waals surface area contributed by atoms with Crippen LogP contribution in [0.2, 0.25) is 0 Å². The fourth-order valence-electron chi connectivity index (χ4n) is 9.29. The highest BCUT2D eigenvalue weighted by Crippen LogP contribution is 2.53. The van der Waals surface area contributed by atoms with Gasteiger partial charge in [0.1, 0.15) is 11.1 Å². The van der Waals surface area contributed by atoms with E-state index in [1.807, 2.05) is 43.2 Å². The molecule has 2 aliphatic heterocycles. The molecule has 5 heterocycles. The van der Waals surface area contributed by atoms with Crippen LogP contribution in [0.25, 0.3) is 22.3 Å². The van der Waals surface area contributed by atoms with E-state index in [1.165, 1.54) is 19.8 Å². The number of rotatable bonds is 9. The summed E-state index contributed by atoms with van der Waals surface area (Å²) in [5, 5.41) is 5.27. The molecule has 3 aliphatic carbocycles. The Labute approximate surface area is 317 Å². The van der Waals surface area contributed by atoms with Gasteiger partial charge in [0.25, 0.3) is 12.3 Å². The molecule has 0 bridgehead atoms. The van der Waals surface area contributed by atoms with E-state index in [4.69, 9.17) is 9.97 Å². The number of nitrogens with zero attached hydrogens (tertiary/aromatic N) is 6. The Morgan fingerprint density at radius 1 is 1.02 bits per heavy atom. The Balaban J connectivity index is 1.07. The molecule has 4 fully saturated rings. The molecule has 0 spiro atoms. The van der Waals surface area contributed by atoms with Crippen LogP contribution >= 0.6 is 0 Å². The topological polar surface area (TPSA) is 108 Å². The van der Waals surface area contributed by atoms with Gasteiger partial charge in [-0.2, -0.15) is 0 Å². The largest absolute Gasteiger partial charge is 0.341 e. The molecular formula is C41H46F4N8O2. The summed E-state index contributed by atoms with van der Waals surface area (Å²) in [6.07, 6.45) is 5.06. The number of halogens is 4. The fourth-order valence-corrected chi connectivity index (χ4v) is 9.29. The Morgan fingerprint density at radius 3 is 2.44 bits per heavy atom. The summed E-state index contributed by atoms with van der Waals surface area (Å²) in [4.78, 5) is 46.2. The number of amides is 2. The number of carbonyl (C=O) groups is 2. The number of nitrogens with one attached hydrogen (secondary N) is 2. The number of likely N-dealkylation sites (tertiary alicyclic amines) is 1. The molecule has 2 atom stereocenters. The average molecular weight is 759 g/mol. The first-order chi connectivity index (χ1) is 26.0. The number of piperidine rings is 1. The molecule has 2 N–H and O–H groups in total. The van der Waals surface area contributed by atoms with E-state index in [2.05, 4.69) is 27.4 Å². The van der Waals surface area contributed by atoms with E-state index in [1.54, 1.807) is 18.6 Å². The Kier molecular flexibility index (Phi) is 8.00. The van der Waals surface area contributed by atoms with Gasteiger partial charge in [0.15, 0.2) is 17.5 Å². The minimum absolute atomic E-state index is 0.0133. The number of aromatic nitrogens is 4. The van der Waals surface area contributed by atoms with Gasteiger partial charge in [-0.15, -0.1) is 0 Å². The maximum Gasteiger partial charge on any atom is 0.261 e. The van der Waals surface area contributed by atoms with Crippen molar-refractivity contribution in [2.75, 3.05) is 23.3 Å². The van der Waals surface area contributed by atoms with E-state index in [0.717, 1.165) is 49.5 Å². The third kappa shape index (κ3) is 5.63. The van der Waals surface area contributed by atoms with Gasteiger partial charge in [0.2, 0.25) is 5.91 Å². The Morgan fingerprint density at radius 2 is 1.76 bits per heavy atom. The van der Waals surface area contributed by atoms with Crippen LogP contribution < -0.4 is 15.5 Å².